The normalized spacial score (nSPS) is 12.7. The molecular weight excluding hydrogens is 226 g/mol. The van der Waals surface area contributed by atoms with E-state index in [1.807, 2.05) is 0 Å². The maximum Gasteiger partial charge on any atom is 0.125 e. The van der Waals surface area contributed by atoms with Gasteiger partial charge in [0.25, 0.3) is 0 Å². The van der Waals surface area contributed by atoms with E-state index >= 15 is 0 Å². The van der Waals surface area contributed by atoms with Gasteiger partial charge in [0.1, 0.15) is 5.82 Å². The number of aliphatic hydroxyl groups is 1. The second-order valence-corrected chi connectivity index (χ2v) is 4.74. The smallest absolute Gasteiger partial charge is 0.125 e. The molecule has 1 aromatic carbocycles. The molecule has 1 unspecified atom stereocenters. The highest BCUT2D eigenvalue weighted by Gasteiger charge is 2.13. The van der Waals surface area contributed by atoms with Crippen LogP contribution in [0.15, 0.2) is 18.3 Å². The number of rotatable bonds is 3. The predicted octanol–water partition coefficient (Wildman–Crippen LogP) is 1.99. The molecule has 4 nitrogen and oxygen atoms in total. The summed E-state index contributed by atoms with van der Waals surface area (Å²) in [5.74, 6) is 0.617. The van der Waals surface area contributed by atoms with Crippen molar-refractivity contribution in [2.45, 2.75) is 26.8 Å². The summed E-state index contributed by atoms with van der Waals surface area (Å²) >= 11 is 0. The molecule has 0 amide bonds. The minimum atomic E-state index is -0.454. The molecular formula is C14H19N3O. The van der Waals surface area contributed by atoms with Crippen LogP contribution < -0.4 is 5.73 Å². The van der Waals surface area contributed by atoms with Gasteiger partial charge >= 0.3 is 0 Å². The van der Waals surface area contributed by atoms with Gasteiger partial charge in [-0.3, -0.25) is 0 Å². The van der Waals surface area contributed by atoms with Crippen LogP contribution >= 0.6 is 0 Å². The van der Waals surface area contributed by atoms with E-state index in [0.717, 1.165) is 11.3 Å². The Morgan fingerprint density at radius 3 is 2.44 bits per heavy atom. The van der Waals surface area contributed by atoms with Crippen LogP contribution in [0.2, 0.25) is 0 Å². The van der Waals surface area contributed by atoms with Gasteiger partial charge in [-0.2, -0.15) is 0 Å². The first-order chi connectivity index (χ1) is 8.52. The molecule has 0 aliphatic heterocycles. The molecule has 0 saturated heterocycles. The lowest BCUT2D eigenvalue weighted by Gasteiger charge is -2.09. The molecule has 4 heteroatoms. The van der Waals surface area contributed by atoms with Crippen molar-refractivity contribution in [2.24, 2.45) is 5.73 Å². The van der Waals surface area contributed by atoms with Crippen LogP contribution in [0.25, 0.3) is 11.3 Å². The molecule has 1 heterocycles. The Bertz CT molecular complexity index is 537. The van der Waals surface area contributed by atoms with Crippen LogP contribution in [-0.4, -0.2) is 21.7 Å². The van der Waals surface area contributed by atoms with Gasteiger partial charge in [0, 0.05) is 5.56 Å². The number of nitrogens with zero attached hydrogens (tertiary/aromatic N) is 1. The summed E-state index contributed by atoms with van der Waals surface area (Å²) < 4.78 is 0. The third-order valence-corrected chi connectivity index (χ3v) is 3.09. The molecule has 0 aliphatic carbocycles. The van der Waals surface area contributed by atoms with Gasteiger partial charge in [0.05, 0.1) is 24.5 Å². The van der Waals surface area contributed by atoms with Crippen molar-refractivity contribution in [1.29, 1.82) is 0 Å². The average molecular weight is 245 g/mol. The summed E-state index contributed by atoms with van der Waals surface area (Å²) in [6.07, 6.45) is 1.77. The summed E-state index contributed by atoms with van der Waals surface area (Å²) in [5.41, 5.74) is 11.5. The molecule has 0 aliphatic rings. The number of benzene rings is 1. The molecule has 0 radical (unpaired) electrons. The Labute approximate surface area is 107 Å². The molecule has 96 valence electrons. The summed E-state index contributed by atoms with van der Waals surface area (Å²) in [5, 5.41) is 9.03. The molecule has 0 bridgehead atoms. The number of nitrogens with one attached hydrogen (secondary N) is 1. The lowest BCUT2D eigenvalue weighted by molar-refractivity contribution is 0.264. The summed E-state index contributed by atoms with van der Waals surface area (Å²) in [6.45, 7) is 6.15. The van der Waals surface area contributed by atoms with Crippen molar-refractivity contribution in [2.75, 3.05) is 6.61 Å². The number of hydrogen-bond acceptors (Lipinski definition) is 3. The molecule has 0 spiro atoms. The number of H-pyrrole nitrogens is 1. The maximum atomic E-state index is 9.03. The zero-order valence-electron chi connectivity index (χ0n) is 11.0. The van der Waals surface area contributed by atoms with Crippen LogP contribution in [0.5, 0.6) is 0 Å². The van der Waals surface area contributed by atoms with Gasteiger partial charge in [-0.1, -0.05) is 17.7 Å². The first kappa shape index (κ1) is 12.8. The van der Waals surface area contributed by atoms with Crippen LogP contribution in [0.4, 0.5) is 0 Å². The van der Waals surface area contributed by atoms with Gasteiger partial charge in [-0.25, -0.2) is 4.98 Å². The Morgan fingerprint density at radius 1 is 1.28 bits per heavy atom. The van der Waals surface area contributed by atoms with Gasteiger partial charge in [0.15, 0.2) is 0 Å². The number of hydrogen-bond donors (Lipinski definition) is 3. The van der Waals surface area contributed by atoms with Crippen molar-refractivity contribution in [1.82, 2.24) is 9.97 Å². The number of aromatic nitrogens is 2. The average Bonchev–Trinajstić information content (AvgIpc) is 2.76. The molecule has 1 aromatic heterocycles. The van der Waals surface area contributed by atoms with Crippen molar-refractivity contribution in [3.05, 3.63) is 40.8 Å². The van der Waals surface area contributed by atoms with Gasteiger partial charge in [-0.05, 0) is 31.9 Å². The summed E-state index contributed by atoms with van der Waals surface area (Å²) in [6, 6.07) is 3.84. The fourth-order valence-electron chi connectivity index (χ4n) is 2.34. The lowest BCUT2D eigenvalue weighted by atomic mass is 9.98. The fraction of sp³-hybridized carbons (Fsp3) is 0.357. The standard InChI is InChI=1S/C14H19N3O/c1-8-4-9(2)13(10(3)5-8)12-6-16-14(17-12)11(15)7-18/h4-6,11,18H,7,15H2,1-3H3,(H,16,17). The summed E-state index contributed by atoms with van der Waals surface area (Å²) in [7, 11) is 0. The van der Waals surface area contributed by atoms with Crippen molar-refractivity contribution in [3.63, 3.8) is 0 Å². The van der Waals surface area contributed by atoms with Gasteiger partial charge < -0.3 is 15.8 Å². The monoisotopic (exact) mass is 245 g/mol. The van der Waals surface area contributed by atoms with Crippen LogP contribution in [0, 0.1) is 20.8 Å². The molecule has 0 fully saturated rings. The van der Waals surface area contributed by atoms with Crippen molar-refractivity contribution >= 4 is 0 Å². The Balaban J connectivity index is 2.46. The van der Waals surface area contributed by atoms with E-state index < -0.39 is 6.04 Å². The van der Waals surface area contributed by atoms with Crippen LogP contribution in [0.1, 0.15) is 28.6 Å². The predicted molar refractivity (Wildman–Crippen MR) is 72.2 cm³/mol. The zero-order valence-corrected chi connectivity index (χ0v) is 11.0. The van der Waals surface area contributed by atoms with E-state index in [4.69, 9.17) is 10.8 Å². The SMILES string of the molecule is Cc1cc(C)c(-c2cnc(C(N)CO)[nH]2)c(C)c1. The number of imidazole rings is 1. The number of aliphatic hydroxyl groups excluding tert-OH is 1. The number of aryl methyl sites for hydroxylation is 3. The molecule has 18 heavy (non-hydrogen) atoms. The van der Waals surface area contributed by atoms with Crippen molar-refractivity contribution in [3.8, 4) is 11.3 Å². The quantitative estimate of drug-likeness (QED) is 0.774. The van der Waals surface area contributed by atoms with E-state index in [9.17, 15) is 0 Å². The Morgan fingerprint density at radius 2 is 1.89 bits per heavy atom. The van der Waals surface area contributed by atoms with Crippen molar-refractivity contribution < 1.29 is 5.11 Å². The Hall–Kier alpha value is -1.65. The molecule has 2 aromatic rings. The molecule has 2 rings (SSSR count). The van der Waals surface area contributed by atoms with E-state index in [-0.39, 0.29) is 6.61 Å². The highest BCUT2D eigenvalue weighted by molar-refractivity contribution is 5.67. The topological polar surface area (TPSA) is 74.9 Å². The van der Waals surface area contributed by atoms with Gasteiger partial charge in [-0.15, -0.1) is 0 Å². The van der Waals surface area contributed by atoms with E-state index in [2.05, 4.69) is 42.9 Å². The van der Waals surface area contributed by atoms with E-state index in [1.165, 1.54) is 16.7 Å². The highest BCUT2D eigenvalue weighted by atomic mass is 16.3. The van der Waals surface area contributed by atoms with Gasteiger partial charge in [0.2, 0.25) is 0 Å². The Kier molecular flexibility index (Phi) is 3.50. The highest BCUT2D eigenvalue weighted by Crippen LogP contribution is 2.27. The zero-order chi connectivity index (χ0) is 13.3. The number of nitrogens with two attached hydrogens (primary N) is 1. The lowest BCUT2D eigenvalue weighted by Crippen LogP contribution is -2.15. The second-order valence-electron chi connectivity index (χ2n) is 4.74. The third kappa shape index (κ3) is 2.30. The maximum absolute atomic E-state index is 9.03. The summed E-state index contributed by atoms with van der Waals surface area (Å²) in [4.78, 5) is 7.41. The first-order valence-corrected chi connectivity index (χ1v) is 6.02. The molecule has 1 atom stereocenters. The van der Waals surface area contributed by atoms with E-state index in [1.54, 1.807) is 6.20 Å². The van der Waals surface area contributed by atoms with E-state index in [0.29, 0.717) is 5.82 Å². The third-order valence-electron chi connectivity index (χ3n) is 3.09. The second kappa shape index (κ2) is 4.92. The molecule has 0 saturated carbocycles. The fourth-order valence-corrected chi connectivity index (χ4v) is 2.34. The minimum Gasteiger partial charge on any atom is -0.394 e. The minimum absolute atomic E-state index is 0.112. The number of aromatic amines is 1. The van der Waals surface area contributed by atoms with Crippen LogP contribution in [-0.2, 0) is 0 Å². The van der Waals surface area contributed by atoms with Crippen LogP contribution in [0.3, 0.4) is 0 Å². The first-order valence-electron chi connectivity index (χ1n) is 6.02. The largest absolute Gasteiger partial charge is 0.394 e. The molecule has 4 N–H and O–H groups in total.